The summed E-state index contributed by atoms with van der Waals surface area (Å²) in [5, 5.41) is 0. The van der Waals surface area contributed by atoms with Crippen molar-refractivity contribution in [3.8, 4) is 0 Å². The fraction of sp³-hybridized carbons (Fsp3) is 0.350. The summed E-state index contributed by atoms with van der Waals surface area (Å²) in [5.74, 6) is -0.259. The van der Waals surface area contributed by atoms with Gasteiger partial charge in [-0.2, -0.15) is 0 Å². The van der Waals surface area contributed by atoms with Gasteiger partial charge in [-0.15, -0.1) is 0 Å². The van der Waals surface area contributed by atoms with Gasteiger partial charge in [0.15, 0.2) is 0 Å². The van der Waals surface area contributed by atoms with Crippen LogP contribution in [0.25, 0.3) is 0 Å². The molecule has 0 bridgehead atoms. The Morgan fingerprint density at radius 3 is 2.61 bits per heavy atom. The number of carbonyl (C=O) groups is 1. The van der Waals surface area contributed by atoms with Crippen molar-refractivity contribution in [2.45, 2.75) is 31.8 Å². The number of esters is 1. The van der Waals surface area contributed by atoms with Crippen molar-refractivity contribution >= 4 is 5.97 Å². The zero-order valence-corrected chi connectivity index (χ0v) is 13.2. The van der Waals surface area contributed by atoms with E-state index in [0.29, 0.717) is 12.2 Å². The summed E-state index contributed by atoms with van der Waals surface area (Å²) in [7, 11) is 0. The van der Waals surface area contributed by atoms with Crippen molar-refractivity contribution in [1.29, 1.82) is 0 Å². The summed E-state index contributed by atoms with van der Waals surface area (Å²) in [6, 6.07) is 17.8. The molecule has 120 valence electrons. The zero-order valence-electron chi connectivity index (χ0n) is 13.2. The molecular weight excluding hydrogens is 288 g/mol. The molecule has 0 aromatic heterocycles. The minimum Gasteiger partial charge on any atom is -0.459 e. The predicted octanol–water partition coefficient (Wildman–Crippen LogP) is 4.00. The minimum absolute atomic E-state index is 0.0500. The molecule has 1 fully saturated rings. The fourth-order valence-corrected chi connectivity index (χ4v) is 2.87. The van der Waals surface area contributed by atoms with Crippen molar-refractivity contribution < 1.29 is 14.3 Å². The van der Waals surface area contributed by atoms with Crippen LogP contribution in [0.15, 0.2) is 54.6 Å². The van der Waals surface area contributed by atoms with E-state index in [1.165, 1.54) is 5.56 Å². The third-order valence-corrected chi connectivity index (χ3v) is 4.15. The topological polar surface area (TPSA) is 35.5 Å². The highest BCUT2D eigenvalue weighted by molar-refractivity contribution is 5.91. The Kier molecular flexibility index (Phi) is 5.43. The maximum absolute atomic E-state index is 12.4. The average Bonchev–Trinajstić information content (AvgIpc) is 2.62. The molecule has 2 aromatic carbocycles. The first kappa shape index (κ1) is 15.8. The molecular formula is C20H22O3. The summed E-state index contributed by atoms with van der Waals surface area (Å²) in [6.45, 7) is 1.12. The third kappa shape index (κ3) is 4.42. The van der Waals surface area contributed by atoms with Gasteiger partial charge in [0.05, 0.1) is 11.7 Å². The lowest BCUT2D eigenvalue weighted by Crippen LogP contribution is -2.26. The summed E-state index contributed by atoms with van der Waals surface area (Å²) in [6.07, 6.45) is 4.00. The number of hydrogen-bond donors (Lipinski definition) is 0. The second-order valence-electron chi connectivity index (χ2n) is 5.91. The van der Waals surface area contributed by atoms with Crippen molar-refractivity contribution in [2.75, 3.05) is 13.2 Å². The molecule has 3 nitrogen and oxygen atoms in total. The van der Waals surface area contributed by atoms with Crippen LogP contribution in [-0.2, 0) is 15.9 Å². The van der Waals surface area contributed by atoms with Gasteiger partial charge >= 0.3 is 5.97 Å². The summed E-state index contributed by atoms with van der Waals surface area (Å²) in [4.78, 5) is 12.4. The molecule has 0 spiro atoms. The number of benzene rings is 2. The smallest absolute Gasteiger partial charge is 0.338 e. The van der Waals surface area contributed by atoms with Crippen LogP contribution in [0.4, 0.5) is 0 Å². The van der Waals surface area contributed by atoms with Crippen LogP contribution in [0, 0.1) is 0 Å². The Hall–Kier alpha value is -2.13. The van der Waals surface area contributed by atoms with E-state index in [9.17, 15) is 4.79 Å². The van der Waals surface area contributed by atoms with E-state index in [1.54, 1.807) is 0 Å². The van der Waals surface area contributed by atoms with Gasteiger partial charge in [-0.3, -0.25) is 0 Å². The van der Waals surface area contributed by atoms with Crippen molar-refractivity contribution in [3.63, 3.8) is 0 Å². The van der Waals surface area contributed by atoms with Crippen molar-refractivity contribution in [1.82, 2.24) is 0 Å². The van der Waals surface area contributed by atoms with Gasteiger partial charge in [-0.25, -0.2) is 4.79 Å². The van der Waals surface area contributed by atoms with Gasteiger partial charge in [-0.1, -0.05) is 48.5 Å². The Labute approximate surface area is 137 Å². The maximum Gasteiger partial charge on any atom is 0.338 e. The SMILES string of the molecule is O=C(OCC1CCCCO1)c1ccccc1Cc1ccccc1. The summed E-state index contributed by atoms with van der Waals surface area (Å²) in [5.41, 5.74) is 2.82. The molecule has 1 atom stereocenters. The van der Waals surface area contributed by atoms with E-state index in [0.717, 1.165) is 37.9 Å². The Bertz CT molecular complexity index is 630. The van der Waals surface area contributed by atoms with Crippen molar-refractivity contribution in [3.05, 3.63) is 71.3 Å². The molecule has 1 unspecified atom stereocenters. The normalized spacial score (nSPS) is 17.7. The number of carbonyl (C=O) groups excluding carboxylic acids is 1. The molecule has 1 saturated heterocycles. The van der Waals surface area contributed by atoms with Crippen LogP contribution in [0.3, 0.4) is 0 Å². The van der Waals surface area contributed by atoms with Crippen LogP contribution in [0.2, 0.25) is 0 Å². The molecule has 0 aliphatic carbocycles. The van der Waals surface area contributed by atoms with Crippen LogP contribution in [0.5, 0.6) is 0 Å². The average molecular weight is 310 g/mol. The van der Waals surface area contributed by atoms with Gasteiger partial charge in [-0.05, 0) is 42.9 Å². The molecule has 0 radical (unpaired) electrons. The first-order valence-electron chi connectivity index (χ1n) is 8.23. The van der Waals surface area contributed by atoms with Crippen LogP contribution in [-0.4, -0.2) is 25.3 Å². The monoisotopic (exact) mass is 310 g/mol. The Morgan fingerprint density at radius 1 is 1.04 bits per heavy atom. The van der Waals surface area contributed by atoms with Crippen molar-refractivity contribution in [2.24, 2.45) is 0 Å². The number of ether oxygens (including phenoxy) is 2. The Balaban J connectivity index is 1.65. The first-order chi connectivity index (χ1) is 11.3. The molecule has 3 heteroatoms. The van der Waals surface area contributed by atoms with Crippen LogP contribution < -0.4 is 0 Å². The van der Waals surface area contributed by atoms with E-state index < -0.39 is 0 Å². The first-order valence-corrected chi connectivity index (χ1v) is 8.23. The largest absolute Gasteiger partial charge is 0.459 e. The maximum atomic E-state index is 12.4. The summed E-state index contributed by atoms with van der Waals surface area (Å²) < 4.78 is 11.1. The zero-order chi connectivity index (χ0) is 15.9. The molecule has 1 heterocycles. The number of rotatable bonds is 5. The molecule has 2 aromatic rings. The molecule has 1 aliphatic rings. The molecule has 0 amide bonds. The predicted molar refractivity (Wildman–Crippen MR) is 89.6 cm³/mol. The molecule has 1 aliphatic heterocycles. The lowest BCUT2D eigenvalue weighted by atomic mass is 10.00. The third-order valence-electron chi connectivity index (χ3n) is 4.15. The molecule has 0 saturated carbocycles. The van der Waals surface area contributed by atoms with Crippen LogP contribution >= 0.6 is 0 Å². The second-order valence-corrected chi connectivity index (χ2v) is 5.91. The lowest BCUT2D eigenvalue weighted by Gasteiger charge is -2.22. The van der Waals surface area contributed by atoms with E-state index in [-0.39, 0.29) is 12.1 Å². The van der Waals surface area contributed by atoms with E-state index in [4.69, 9.17) is 9.47 Å². The second kappa shape index (κ2) is 7.93. The van der Waals surface area contributed by atoms with Crippen LogP contribution in [0.1, 0.15) is 40.7 Å². The highest BCUT2D eigenvalue weighted by Gasteiger charge is 2.18. The molecule has 23 heavy (non-hydrogen) atoms. The van der Waals surface area contributed by atoms with E-state index >= 15 is 0 Å². The summed E-state index contributed by atoms with van der Waals surface area (Å²) >= 11 is 0. The molecule has 0 N–H and O–H groups in total. The van der Waals surface area contributed by atoms with Gasteiger partial charge in [0.1, 0.15) is 6.61 Å². The van der Waals surface area contributed by atoms with Gasteiger partial charge in [0.2, 0.25) is 0 Å². The quantitative estimate of drug-likeness (QED) is 0.783. The highest BCUT2D eigenvalue weighted by atomic mass is 16.6. The van der Waals surface area contributed by atoms with Gasteiger partial charge in [0, 0.05) is 6.61 Å². The minimum atomic E-state index is -0.259. The fourth-order valence-electron chi connectivity index (χ4n) is 2.87. The molecule has 3 rings (SSSR count). The van der Waals surface area contributed by atoms with Gasteiger partial charge < -0.3 is 9.47 Å². The number of hydrogen-bond acceptors (Lipinski definition) is 3. The lowest BCUT2D eigenvalue weighted by molar-refractivity contribution is -0.0300. The highest BCUT2D eigenvalue weighted by Crippen LogP contribution is 2.17. The standard InChI is InChI=1S/C20H22O3/c21-20(23-15-18-11-6-7-13-22-18)19-12-5-4-10-17(19)14-16-8-2-1-3-9-16/h1-5,8-10,12,18H,6-7,11,13-15H2. The van der Waals surface area contributed by atoms with Gasteiger partial charge in [0.25, 0.3) is 0 Å². The Morgan fingerprint density at radius 2 is 1.83 bits per heavy atom. The van der Waals surface area contributed by atoms with E-state index in [2.05, 4.69) is 12.1 Å². The van der Waals surface area contributed by atoms with E-state index in [1.807, 2.05) is 42.5 Å².